The van der Waals surface area contributed by atoms with E-state index in [9.17, 15) is 27.2 Å². The van der Waals surface area contributed by atoms with Gasteiger partial charge in [0.1, 0.15) is 5.82 Å². The molecule has 3 aromatic rings. The smallest absolute Gasteiger partial charge is 0.316 e. The molecule has 0 unspecified atom stereocenters. The summed E-state index contributed by atoms with van der Waals surface area (Å²) in [6, 6.07) is 6.89. The molecule has 0 aliphatic carbocycles. The first-order valence-electron chi connectivity index (χ1n) is 9.21. The summed E-state index contributed by atoms with van der Waals surface area (Å²) in [5, 5.41) is 2.48. The van der Waals surface area contributed by atoms with Crippen LogP contribution in [-0.2, 0) is 27.7 Å². The van der Waals surface area contributed by atoms with Crippen LogP contribution in [0.2, 0.25) is 0 Å². The van der Waals surface area contributed by atoms with Gasteiger partial charge in [-0.2, -0.15) is 0 Å². The zero-order chi connectivity index (χ0) is 22.2. The van der Waals surface area contributed by atoms with Gasteiger partial charge in [0, 0.05) is 20.0 Å². The van der Waals surface area contributed by atoms with Crippen LogP contribution in [0.15, 0.2) is 55.8 Å². The van der Waals surface area contributed by atoms with E-state index in [1.54, 1.807) is 13.8 Å². The van der Waals surface area contributed by atoms with E-state index >= 15 is 0 Å². The average Bonchev–Trinajstić information content (AvgIpc) is 2.69. The molecule has 158 valence electrons. The molecule has 0 atom stereocenters. The summed E-state index contributed by atoms with van der Waals surface area (Å²) in [6.45, 7) is 4.88. The highest BCUT2D eigenvalue weighted by atomic mass is 32.2. The molecule has 1 amide bonds. The van der Waals surface area contributed by atoms with Crippen molar-refractivity contribution in [2.45, 2.75) is 43.7 Å². The van der Waals surface area contributed by atoms with Gasteiger partial charge in [0.15, 0.2) is 0 Å². The second-order valence-corrected chi connectivity index (χ2v) is 8.49. The molecule has 0 radical (unpaired) electrons. The maximum absolute atomic E-state index is 13.3. The molecule has 0 aliphatic heterocycles. The molecular weight excluding hydrogens is 413 g/mol. The van der Waals surface area contributed by atoms with Gasteiger partial charge in [0.2, 0.25) is 15.7 Å². The van der Waals surface area contributed by atoms with Crippen molar-refractivity contribution in [1.82, 2.24) is 9.13 Å². The molecule has 0 aliphatic rings. The second kappa shape index (κ2) is 7.86. The number of hydrogen-bond donors (Lipinski definition) is 1. The quantitative estimate of drug-likeness (QED) is 0.490. The topological polar surface area (TPSA) is 107 Å². The van der Waals surface area contributed by atoms with Crippen LogP contribution in [0.25, 0.3) is 11.0 Å². The van der Waals surface area contributed by atoms with Gasteiger partial charge >= 0.3 is 11.1 Å². The molecule has 8 nitrogen and oxygen atoms in total. The van der Waals surface area contributed by atoms with Crippen molar-refractivity contribution in [2.24, 2.45) is 0 Å². The van der Waals surface area contributed by atoms with Crippen molar-refractivity contribution < 1.29 is 17.6 Å². The van der Waals surface area contributed by atoms with Crippen molar-refractivity contribution >= 4 is 32.5 Å². The van der Waals surface area contributed by atoms with E-state index in [-0.39, 0.29) is 34.1 Å². The second-order valence-electron chi connectivity index (χ2n) is 6.57. The number of carbonyl (C=O) groups excluding carboxylic acids is 1. The number of fused-ring (bicyclic) bond motifs is 1. The van der Waals surface area contributed by atoms with Crippen LogP contribution >= 0.6 is 0 Å². The van der Waals surface area contributed by atoms with Crippen LogP contribution in [-0.4, -0.2) is 23.5 Å². The summed E-state index contributed by atoms with van der Waals surface area (Å²) in [5.74, 6) is -1.11. The molecule has 0 spiro atoms. The number of aromatic nitrogens is 2. The van der Waals surface area contributed by atoms with Crippen LogP contribution < -0.4 is 16.4 Å². The average molecular weight is 433 g/mol. The molecule has 0 bridgehead atoms. The maximum Gasteiger partial charge on any atom is 0.316 e. The van der Waals surface area contributed by atoms with E-state index in [1.807, 2.05) is 0 Å². The highest BCUT2D eigenvalue weighted by Crippen LogP contribution is 2.31. The van der Waals surface area contributed by atoms with Crippen molar-refractivity contribution in [3.05, 3.63) is 62.9 Å². The lowest BCUT2D eigenvalue weighted by Gasteiger charge is -2.17. The van der Waals surface area contributed by atoms with Gasteiger partial charge in [-0.3, -0.25) is 14.4 Å². The van der Waals surface area contributed by atoms with E-state index in [1.165, 1.54) is 28.2 Å². The van der Waals surface area contributed by atoms with Crippen molar-refractivity contribution in [3.8, 4) is 0 Å². The van der Waals surface area contributed by atoms with E-state index in [4.69, 9.17) is 0 Å². The van der Waals surface area contributed by atoms with Crippen LogP contribution in [0.4, 0.5) is 10.1 Å². The highest BCUT2D eigenvalue weighted by Gasteiger charge is 2.25. The highest BCUT2D eigenvalue weighted by molar-refractivity contribution is 7.91. The molecule has 1 aromatic heterocycles. The third-order valence-electron chi connectivity index (χ3n) is 4.69. The van der Waals surface area contributed by atoms with Crippen molar-refractivity contribution in [2.75, 3.05) is 5.32 Å². The van der Waals surface area contributed by atoms with Gasteiger partial charge in [-0.25, -0.2) is 12.8 Å². The van der Waals surface area contributed by atoms with E-state index in [2.05, 4.69) is 5.32 Å². The zero-order valence-electron chi connectivity index (χ0n) is 16.6. The molecule has 30 heavy (non-hydrogen) atoms. The number of rotatable bonds is 5. The first-order valence-corrected chi connectivity index (χ1v) is 10.7. The van der Waals surface area contributed by atoms with Crippen molar-refractivity contribution in [3.63, 3.8) is 0 Å². The number of anilines is 1. The number of halogens is 1. The van der Waals surface area contributed by atoms with Crippen LogP contribution in [0, 0.1) is 5.82 Å². The van der Waals surface area contributed by atoms with Gasteiger partial charge in [-0.15, -0.1) is 0 Å². The fourth-order valence-electron chi connectivity index (χ4n) is 3.32. The monoisotopic (exact) mass is 433 g/mol. The minimum Gasteiger partial charge on any atom is -0.325 e. The predicted octanol–water partition coefficient (Wildman–Crippen LogP) is 2.13. The number of aryl methyl sites for hydroxylation is 2. The Balaban J connectivity index is 2.47. The predicted molar refractivity (Wildman–Crippen MR) is 110 cm³/mol. The largest absolute Gasteiger partial charge is 0.325 e. The first kappa shape index (κ1) is 21.4. The molecule has 10 heteroatoms. The lowest BCUT2D eigenvalue weighted by molar-refractivity contribution is -0.114. The Hall–Kier alpha value is -3.27. The van der Waals surface area contributed by atoms with Crippen LogP contribution in [0.1, 0.15) is 20.8 Å². The summed E-state index contributed by atoms with van der Waals surface area (Å²) in [6.07, 6.45) is 0. The Bertz CT molecular complexity index is 1370. The third kappa shape index (κ3) is 3.54. The fourth-order valence-corrected chi connectivity index (χ4v) is 4.73. The third-order valence-corrected chi connectivity index (χ3v) is 6.50. The molecule has 2 aromatic carbocycles. The normalized spacial score (nSPS) is 11.6. The van der Waals surface area contributed by atoms with Gasteiger partial charge in [-0.1, -0.05) is 0 Å². The van der Waals surface area contributed by atoms with Crippen LogP contribution in [0.5, 0.6) is 0 Å². The number of hydrogen-bond acceptors (Lipinski definition) is 5. The van der Waals surface area contributed by atoms with E-state index < -0.39 is 32.7 Å². The summed E-state index contributed by atoms with van der Waals surface area (Å²) in [7, 11) is -4.18. The molecule has 0 saturated heterocycles. The molecule has 3 rings (SSSR count). The van der Waals surface area contributed by atoms with E-state index in [0.29, 0.717) is 5.52 Å². The summed E-state index contributed by atoms with van der Waals surface area (Å²) < 4.78 is 42.2. The summed E-state index contributed by atoms with van der Waals surface area (Å²) in [5.41, 5.74) is -1.01. The Morgan fingerprint density at radius 3 is 1.93 bits per heavy atom. The number of benzene rings is 2. The van der Waals surface area contributed by atoms with Gasteiger partial charge in [-0.05, 0) is 50.2 Å². The summed E-state index contributed by atoms with van der Waals surface area (Å²) in [4.78, 5) is 36.2. The number of sulfone groups is 1. The summed E-state index contributed by atoms with van der Waals surface area (Å²) >= 11 is 0. The Kier molecular flexibility index (Phi) is 5.62. The fraction of sp³-hybridized carbons (Fsp3) is 0.250. The number of amides is 1. The Morgan fingerprint density at radius 1 is 0.967 bits per heavy atom. The number of nitrogens with zero attached hydrogens (tertiary/aromatic N) is 2. The minimum absolute atomic E-state index is 0.0396. The van der Waals surface area contributed by atoms with Crippen LogP contribution in [0.3, 0.4) is 0 Å². The standard InChI is InChI=1S/C20H20FN3O5S/c1-4-23-16-10-15(22-12(3)25)18(11-17(16)24(5-2)20(27)19(23)26)30(28,29)14-8-6-13(21)7-9-14/h6-11H,4-5H2,1-3H3,(H,22,25). The SMILES string of the molecule is CCn1c(=O)c(=O)n(CC)c2cc(S(=O)(=O)c3ccc(F)cc3)c(NC(C)=O)cc21. The molecular formula is C20H20FN3O5S. The molecule has 0 saturated carbocycles. The zero-order valence-corrected chi connectivity index (χ0v) is 17.4. The van der Waals surface area contributed by atoms with Gasteiger partial charge < -0.3 is 14.5 Å². The number of carbonyl (C=O) groups is 1. The number of nitrogens with one attached hydrogen (secondary N) is 1. The van der Waals surface area contributed by atoms with Gasteiger partial charge in [0.05, 0.1) is 26.5 Å². The lowest BCUT2D eigenvalue weighted by atomic mass is 10.2. The lowest BCUT2D eigenvalue weighted by Crippen LogP contribution is -2.41. The van der Waals surface area contributed by atoms with Crippen molar-refractivity contribution in [1.29, 1.82) is 0 Å². The molecule has 0 fully saturated rings. The van der Waals surface area contributed by atoms with Gasteiger partial charge in [0.25, 0.3) is 0 Å². The molecule has 1 N–H and O–H groups in total. The maximum atomic E-state index is 13.3. The van der Waals surface area contributed by atoms with E-state index in [0.717, 1.165) is 24.3 Å². The molecule has 1 heterocycles. The Morgan fingerprint density at radius 2 is 1.47 bits per heavy atom. The minimum atomic E-state index is -4.18. The first-order chi connectivity index (χ1) is 14.1. The Labute approximate surface area is 171 Å².